The predicted octanol–water partition coefficient (Wildman–Crippen LogP) is -1.66. The SMILES string of the molecule is CCc1cccc(C(=O)[O-])c1SC.[Na+]. The third-order valence-corrected chi connectivity index (χ3v) is 2.79. The maximum absolute atomic E-state index is 10.7. The van der Waals surface area contributed by atoms with Crippen LogP contribution in [-0.2, 0) is 6.42 Å². The summed E-state index contributed by atoms with van der Waals surface area (Å²) in [4.78, 5) is 11.5. The molecule has 1 aromatic carbocycles. The molecule has 0 aliphatic carbocycles. The molecule has 0 spiro atoms. The molecule has 0 aliphatic heterocycles. The number of hydrogen-bond acceptors (Lipinski definition) is 3. The molecule has 1 rings (SSSR count). The van der Waals surface area contributed by atoms with Crippen molar-refractivity contribution in [1.29, 1.82) is 0 Å². The summed E-state index contributed by atoms with van der Waals surface area (Å²) in [5.41, 5.74) is 1.36. The van der Waals surface area contributed by atoms with Crippen LogP contribution < -0.4 is 34.7 Å². The van der Waals surface area contributed by atoms with E-state index in [2.05, 4.69) is 0 Å². The van der Waals surface area contributed by atoms with Gasteiger partial charge in [0.15, 0.2) is 0 Å². The molecule has 0 aliphatic rings. The molecule has 0 unspecified atom stereocenters. The first-order valence-electron chi connectivity index (χ1n) is 4.08. The van der Waals surface area contributed by atoms with E-state index in [1.54, 1.807) is 12.1 Å². The molecule has 0 amide bonds. The Kier molecular flexibility index (Phi) is 6.53. The molecule has 0 saturated heterocycles. The monoisotopic (exact) mass is 218 g/mol. The van der Waals surface area contributed by atoms with Crippen LogP contribution in [0.4, 0.5) is 0 Å². The Morgan fingerprint density at radius 3 is 2.57 bits per heavy atom. The van der Waals surface area contributed by atoms with Gasteiger partial charge in [0.1, 0.15) is 0 Å². The number of thioether (sulfide) groups is 1. The van der Waals surface area contributed by atoms with Gasteiger partial charge in [0.2, 0.25) is 0 Å². The molecule has 0 saturated carbocycles. The number of carboxylic acids is 1. The number of carbonyl (C=O) groups is 1. The fourth-order valence-electron chi connectivity index (χ4n) is 1.27. The first-order valence-corrected chi connectivity index (χ1v) is 5.30. The van der Waals surface area contributed by atoms with Crippen molar-refractivity contribution < 1.29 is 39.5 Å². The van der Waals surface area contributed by atoms with Crippen LogP contribution in [0, 0.1) is 0 Å². The van der Waals surface area contributed by atoms with E-state index in [0.717, 1.165) is 16.9 Å². The van der Waals surface area contributed by atoms with Gasteiger partial charge in [0.05, 0.1) is 5.97 Å². The van der Waals surface area contributed by atoms with Crippen molar-refractivity contribution in [3.8, 4) is 0 Å². The van der Waals surface area contributed by atoms with Crippen molar-refractivity contribution in [1.82, 2.24) is 0 Å². The molecule has 70 valence electrons. The third kappa shape index (κ3) is 3.02. The minimum absolute atomic E-state index is 0. The molecule has 0 radical (unpaired) electrons. The molecule has 0 bridgehead atoms. The zero-order valence-electron chi connectivity index (χ0n) is 8.66. The van der Waals surface area contributed by atoms with E-state index in [0.29, 0.717) is 5.56 Å². The van der Waals surface area contributed by atoms with Gasteiger partial charge in [-0.1, -0.05) is 25.1 Å². The summed E-state index contributed by atoms with van der Waals surface area (Å²) in [6, 6.07) is 5.28. The Morgan fingerprint density at radius 1 is 1.50 bits per heavy atom. The molecule has 4 heteroatoms. The largest absolute Gasteiger partial charge is 1.00 e. The fraction of sp³-hybridized carbons (Fsp3) is 0.300. The van der Waals surface area contributed by atoms with Crippen LogP contribution in [0.3, 0.4) is 0 Å². The maximum Gasteiger partial charge on any atom is 1.00 e. The Bertz CT molecular complexity index is 326. The van der Waals surface area contributed by atoms with Crippen molar-refractivity contribution in [2.24, 2.45) is 0 Å². The second-order valence-electron chi connectivity index (χ2n) is 2.64. The third-order valence-electron chi connectivity index (χ3n) is 1.90. The normalized spacial score (nSPS) is 9.29. The number of hydrogen-bond donors (Lipinski definition) is 0. The molecule has 2 nitrogen and oxygen atoms in total. The van der Waals surface area contributed by atoms with Crippen molar-refractivity contribution in [2.75, 3.05) is 6.26 Å². The van der Waals surface area contributed by atoms with Gasteiger partial charge < -0.3 is 9.90 Å². The minimum atomic E-state index is -1.10. The summed E-state index contributed by atoms with van der Waals surface area (Å²) >= 11 is 1.45. The van der Waals surface area contributed by atoms with Crippen LogP contribution in [0.1, 0.15) is 22.8 Å². The van der Waals surface area contributed by atoms with Crippen molar-refractivity contribution in [3.63, 3.8) is 0 Å². The van der Waals surface area contributed by atoms with Crippen molar-refractivity contribution in [2.45, 2.75) is 18.2 Å². The minimum Gasteiger partial charge on any atom is -0.545 e. The van der Waals surface area contributed by atoms with E-state index in [1.165, 1.54) is 11.8 Å². The molecule has 14 heavy (non-hydrogen) atoms. The number of carboxylic acid groups (broad SMARTS) is 1. The first-order chi connectivity index (χ1) is 6.20. The van der Waals surface area contributed by atoms with Crippen LogP contribution in [0.25, 0.3) is 0 Å². The second kappa shape index (κ2) is 6.51. The summed E-state index contributed by atoms with van der Waals surface area (Å²) < 4.78 is 0. The summed E-state index contributed by atoms with van der Waals surface area (Å²) in [5, 5.41) is 10.7. The van der Waals surface area contributed by atoms with Gasteiger partial charge in [-0.3, -0.25) is 0 Å². The van der Waals surface area contributed by atoms with Crippen molar-refractivity contribution in [3.05, 3.63) is 29.3 Å². The van der Waals surface area contributed by atoms with Crippen LogP contribution in [0.5, 0.6) is 0 Å². The van der Waals surface area contributed by atoms with Gasteiger partial charge >= 0.3 is 29.6 Å². The average Bonchev–Trinajstić information content (AvgIpc) is 2.16. The maximum atomic E-state index is 10.7. The average molecular weight is 218 g/mol. The van der Waals surface area contributed by atoms with Crippen molar-refractivity contribution >= 4 is 17.7 Å². The Morgan fingerprint density at radius 2 is 2.14 bits per heavy atom. The number of aryl methyl sites for hydroxylation is 1. The standard InChI is InChI=1S/C10H12O2S.Na/c1-3-7-5-4-6-8(10(11)12)9(7)13-2;/h4-6H,3H2,1-2H3,(H,11,12);/q;+1/p-1. The molecule has 1 aromatic rings. The Labute approximate surface area is 110 Å². The fourth-order valence-corrected chi connectivity index (χ4v) is 2.11. The number of rotatable bonds is 3. The van der Waals surface area contributed by atoms with Gasteiger partial charge in [0.25, 0.3) is 0 Å². The van der Waals surface area contributed by atoms with Gasteiger partial charge in [-0.2, -0.15) is 0 Å². The molecule has 0 heterocycles. The number of benzene rings is 1. The van der Waals surface area contributed by atoms with Crippen LogP contribution >= 0.6 is 11.8 Å². The Hall–Kier alpha value is 0.0400. The summed E-state index contributed by atoms with van der Waals surface area (Å²) in [6.07, 6.45) is 2.72. The first kappa shape index (κ1) is 14.0. The van der Waals surface area contributed by atoms with E-state index >= 15 is 0 Å². The summed E-state index contributed by atoms with van der Waals surface area (Å²) in [5.74, 6) is -1.10. The topological polar surface area (TPSA) is 40.1 Å². The zero-order chi connectivity index (χ0) is 9.84. The second-order valence-corrected chi connectivity index (χ2v) is 3.46. The van der Waals surface area contributed by atoms with E-state index in [1.807, 2.05) is 19.2 Å². The molecule has 0 atom stereocenters. The van der Waals surface area contributed by atoms with E-state index in [-0.39, 0.29) is 29.6 Å². The smallest absolute Gasteiger partial charge is 0.545 e. The van der Waals surface area contributed by atoms with Gasteiger partial charge in [-0.05, 0) is 18.2 Å². The molecule has 0 N–H and O–H groups in total. The molecular formula is C10H11NaO2S. The number of carbonyl (C=O) groups excluding carboxylic acids is 1. The zero-order valence-corrected chi connectivity index (χ0v) is 11.5. The molecular weight excluding hydrogens is 207 g/mol. The summed E-state index contributed by atoms with van der Waals surface area (Å²) in [7, 11) is 0. The van der Waals surface area contributed by atoms with Crippen LogP contribution in [-0.4, -0.2) is 12.2 Å². The van der Waals surface area contributed by atoms with Crippen LogP contribution in [0.2, 0.25) is 0 Å². The number of aromatic carboxylic acids is 1. The molecule has 0 aromatic heterocycles. The predicted molar refractivity (Wildman–Crippen MR) is 51.9 cm³/mol. The quantitative estimate of drug-likeness (QED) is 0.450. The van der Waals surface area contributed by atoms with E-state index < -0.39 is 5.97 Å². The van der Waals surface area contributed by atoms with Crippen LogP contribution in [0.15, 0.2) is 23.1 Å². The van der Waals surface area contributed by atoms with E-state index in [9.17, 15) is 9.90 Å². The van der Waals surface area contributed by atoms with E-state index in [4.69, 9.17) is 0 Å². The molecule has 0 fully saturated rings. The van der Waals surface area contributed by atoms with Gasteiger partial charge in [-0.25, -0.2) is 0 Å². The van der Waals surface area contributed by atoms with Gasteiger partial charge in [0, 0.05) is 10.5 Å². The van der Waals surface area contributed by atoms with Gasteiger partial charge in [-0.15, -0.1) is 11.8 Å². The Balaban J connectivity index is 0.00000169. The summed E-state index contributed by atoms with van der Waals surface area (Å²) in [6.45, 7) is 2.01.